The van der Waals surface area contributed by atoms with Crippen molar-refractivity contribution in [2.24, 2.45) is 5.73 Å². The van der Waals surface area contributed by atoms with Crippen LogP contribution in [0.15, 0.2) is 40.8 Å². The fourth-order valence-corrected chi connectivity index (χ4v) is 3.05. The second kappa shape index (κ2) is 4.60. The molecule has 0 aliphatic heterocycles. The van der Waals surface area contributed by atoms with Crippen molar-refractivity contribution in [3.63, 3.8) is 0 Å². The minimum atomic E-state index is 0.270. The van der Waals surface area contributed by atoms with Gasteiger partial charge in [0.25, 0.3) is 6.01 Å². The van der Waals surface area contributed by atoms with Gasteiger partial charge in [-0.05, 0) is 47.2 Å². The van der Waals surface area contributed by atoms with Gasteiger partial charge in [0, 0.05) is 13.1 Å². The van der Waals surface area contributed by atoms with Crippen LogP contribution in [0.5, 0.6) is 0 Å². The van der Waals surface area contributed by atoms with Gasteiger partial charge in [0.2, 0.25) is 0 Å². The minimum Gasteiger partial charge on any atom is -0.424 e. The van der Waals surface area contributed by atoms with E-state index in [-0.39, 0.29) is 6.04 Å². The predicted octanol–water partition coefficient (Wildman–Crippen LogP) is 2.96. The Kier molecular flexibility index (Phi) is 2.72. The Bertz CT molecular complexity index is 822. The van der Waals surface area contributed by atoms with Crippen molar-refractivity contribution in [1.29, 1.82) is 0 Å². The van der Waals surface area contributed by atoms with E-state index in [2.05, 4.69) is 40.6 Å². The van der Waals surface area contributed by atoms with Gasteiger partial charge >= 0.3 is 0 Å². The van der Waals surface area contributed by atoms with E-state index in [4.69, 9.17) is 10.2 Å². The van der Waals surface area contributed by atoms with E-state index in [0.717, 1.165) is 29.5 Å². The first-order valence-electron chi connectivity index (χ1n) is 7.19. The number of hydrogen-bond acceptors (Lipinski definition) is 4. The van der Waals surface area contributed by atoms with Gasteiger partial charge in [-0.25, -0.2) is 0 Å². The lowest BCUT2D eigenvalue weighted by Gasteiger charge is -2.05. The molecule has 4 rings (SSSR count). The number of anilines is 1. The molecule has 0 bridgehead atoms. The predicted molar refractivity (Wildman–Crippen MR) is 84.4 cm³/mol. The summed E-state index contributed by atoms with van der Waals surface area (Å²) in [6.07, 6.45) is 1.96. The molecule has 4 heteroatoms. The summed E-state index contributed by atoms with van der Waals surface area (Å²) in [5, 5.41) is 2.92. The molecule has 0 saturated heterocycles. The summed E-state index contributed by atoms with van der Waals surface area (Å²) in [4.78, 5) is 4.40. The molecule has 106 valence electrons. The first-order chi connectivity index (χ1) is 10.2. The highest BCUT2D eigenvalue weighted by Gasteiger charge is 2.18. The van der Waals surface area contributed by atoms with E-state index in [1.165, 1.54) is 16.7 Å². The lowest BCUT2D eigenvalue weighted by atomic mass is 10.0. The van der Waals surface area contributed by atoms with E-state index in [0.29, 0.717) is 6.01 Å². The van der Waals surface area contributed by atoms with Crippen LogP contribution in [0.4, 0.5) is 6.01 Å². The van der Waals surface area contributed by atoms with Crippen LogP contribution in [-0.4, -0.2) is 18.1 Å². The number of nitrogens with two attached hydrogens (primary N) is 1. The van der Waals surface area contributed by atoms with Crippen molar-refractivity contribution in [3.8, 4) is 11.1 Å². The number of nitrogens with zero attached hydrogens (tertiary/aromatic N) is 1. The maximum Gasteiger partial charge on any atom is 0.295 e. The third kappa shape index (κ3) is 2.08. The maximum atomic E-state index is 6.04. The molecule has 1 aliphatic carbocycles. The molecule has 3 N–H and O–H groups in total. The van der Waals surface area contributed by atoms with Crippen LogP contribution in [0.25, 0.3) is 22.2 Å². The quantitative estimate of drug-likeness (QED) is 0.757. The molecule has 0 radical (unpaired) electrons. The zero-order valence-corrected chi connectivity index (χ0v) is 11.9. The van der Waals surface area contributed by atoms with Gasteiger partial charge in [-0.3, -0.25) is 0 Å². The zero-order valence-electron chi connectivity index (χ0n) is 11.9. The molecule has 0 saturated carbocycles. The largest absolute Gasteiger partial charge is 0.424 e. The second-order valence-electron chi connectivity index (χ2n) is 5.60. The van der Waals surface area contributed by atoms with Crippen LogP contribution in [0, 0.1) is 0 Å². The van der Waals surface area contributed by atoms with Crippen molar-refractivity contribution in [3.05, 3.63) is 47.5 Å². The monoisotopic (exact) mass is 279 g/mol. The Balaban J connectivity index is 1.78. The van der Waals surface area contributed by atoms with Crippen LogP contribution in [-0.2, 0) is 12.8 Å². The Morgan fingerprint density at radius 3 is 2.71 bits per heavy atom. The number of benzene rings is 2. The molecule has 1 aromatic heterocycles. The minimum absolute atomic E-state index is 0.270. The van der Waals surface area contributed by atoms with Gasteiger partial charge in [0.1, 0.15) is 5.52 Å². The fourth-order valence-electron chi connectivity index (χ4n) is 3.05. The molecule has 3 aromatic rings. The van der Waals surface area contributed by atoms with E-state index in [9.17, 15) is 0 Å². The van der Waals surface area contributed by atoms with Crippen molar-refractivity contribution in [2.45, 2.75) is 18.9 Å². The van der Waals surface area contributed by atoms with E-state index in [1.54, 1.807) is 7.05 Å². The molecule has 0 spiro atoms. The van der Waals surface area contributed by atoms with Crippen molar-refractivity contribution < 1.29 is 4.42 Å². The summed E-state index contributed by atoms with van der Waals surface area (Å²) >= 11 is 0. The Morgan fingerprint density at radius 2 is 1.86 bits per heavy atom. The summed E-state index contributed by atoms with van der Waals surface area (Å²) in [6, 6.07) is 13.5. The summed E-state index contributed by atoms with van der Waals surface area (Å²) < 4.78 is 5.56. The van der Waals surface area contributed by atoms with E-state index < -0.39 is 0 Å². The number of fused-ring (bicyclic) bond motifs is 2. The maximum absolute atomic E-state index is 6.04. The van der Waals surface area contributed by atoms with Gasteiger partial charge in [-0.15, -0.1) is 0 Å². The number of oxazole rings is 1. The lowest BCUT2D eigenvalue weighted by molar-refractivity contribution is 0.620. The van der Waals surface area contributed by atoms with Gasteiger partial charge in [-0.1, -0.05) is 24.3 Å². The zero-order chi connectivity index (χ0) is 14.4. The highest BCUT2D eigenvalue weighted by molar-refractivity contribution is 5.81. The number of aromatic nitrogens is 1. The third-order valence-corrected chi connectivity index (χ3v) is 4.11. The number of rotatable bonds is 2. The molecular weight excluding hydrogens is 262 g/mol. The van der Waals surface area contributed by atoms with E-state index >= 15 is 0 Å². The van der Waals surface area contributed by atoms with E-state index in [1.807, 2.05) is 6.07 Å². The Labute approximate surface area is 123 Å². The molecule has 0 fully saturated rings. The Morgan fingerprint density at radius 1 is 1.10 bits per heavy atom. The molecule has 0 amide bonds. The highest BCUT2D eigenvalue weighted by Crippen LogP contribution is 2.30. The van der Waals surface area contributed by atoms with Crippen molar-refractivity contribution >= 4 is 17.1 Å². The average molecular weight is 279 g/mol. The molecule has 1 atom stereocenters. The molecule has 2 aromatic carbocycles. The highest BCUT2D eigenvalue weighted by atomic mass is 16.4. The van der Waals surface area contributed by atoms with Crippen LogP contribution in [0.2, 0.25) is 0 Å². The van der Waals surface area contributed by atoms with Gasteiger partial charge < -0.3 is 15.5 Å². The average Bonchev–Trinajstić information content (AvgIpc) is 3.06. The number of hydrogen-bond donors (Lipinski definition) is 2. The van der Waals surface area contributed by atoms with Crippen LogP contribution in [0.1, 0.15) is 11.1 Å². The van der Waals surface area contributed by atoms with Crippen LogP contribution < -0.4 is 11.1 Å². The molecular formula is C17H17N3O. The smallest absolute Gasteiger partial charge is 0.295 e. The van der Waals surface area contributed by atoms with Crippen molar-refractivity contribution in [2.75, 3.05) is 12.4 Å². The first kappa shape index (κ1) is 12.4. The molecule has 0 unspecified atom stereocenters. The summed E-state index contributed by atoms with van der Waals surface area (Å²) in [5.41, 5.74) is 12.8. The molecule has 21 heavy (non-hydrogen) atoms. The SMILES string of the molecule is CNc1nc2cc(-c3ccc4c(c3)C[C@H](N)C4)ccc2o1. The van der Waals surface area contributed by atoms with Crippen LogP contribution in [0.3, 0.4) is 0 Å². The fraction of sp³-hybridized carbons (Fsp3) is 0.235. The van der Waals surface area contributed by atoms with Gasteiger partial charge in [0.05, 0.1) is 0 Å². The van der Waals surface area contributed by atoms with Gasteiger partial charge in [0.15, 0.2) is 5.58 Å². The first-order valence-corrected chi connectivity index (χ1v) is 7.19. The molecule has 1 aliphatic rings. The summed E-state index contributed by atoms with van der Waals surface area (Å²) in [5.74, 6) is 0. The number of nitrogens with one attached hydrogen (secondary N) is 1. The third-order valence-electron chi connectivity index (χ3n) is 4.11. The van der Waals surface area contributed by atoms with Crippen LogP contribution >= 0.6 is 0 Å². The normalized spacial score (nSPS) is 17.1. The standard InChI is InChI=1S/C17H17N3O/c1-19-17-20-15-9-12(4-5-16(15)21-17)10-2-3-11-7-14(18)8-13(11)6-10/h2-6,9,14H,7-8,18H2,1H3,(H,19,20)/t14-/m1/s1. The summed E-state index contributed by atoms with van der Waals surface area (Å²) in [7, 11) is 1.80. The summed E-state index contributed by atoms with van der Waals surface area (Å²) in [6.45, 7) is 0. The second-order valence-corrected chi connectivity index (χ2v) is 5.60. The van der Waals surface area contributed by atoms with Crippen molar-refractivity contribution in [1.82, 2.24) is 4.98 Å². The Hall–Kier alpha value is -2.33. The topological polar surface area (TPSA) is 64.1 Å². The molecule has 4 nitrogen and oxygen atoms in total. The van der Waals surface area contributed by atoms with Gasteiger partial charge in [-0.2, -0.15) is 4.98 Å². The lowest BCUT2D eigenvalue weighted by Crippen LogP contribution is -2.18. The molecule has 1 heterocycles.